The Morgan fingerprint density at radius 3 is 2.33 bits per heavy atom. The first-order valence-corrected chi connectivity index (χ1v) is 13.2. The van der Waals surface area contributed by atoms with Crippen molar-refractivity contribution in [3.63, 3.8) is 0 Å². The van der Waals surface area contributed by atoms with Crippen LogP contribution in [-0.2, 0) is 9.53 Å². The van der Waals surface area contributed by atoms with E-state index < -0.39 is 0 Å². The fourth-order valence-corrected chi connectivity index (χ4v) is 4.17. The summed E-state index contributed by atoms with van der Waals surface area (Å²) in [4.78, 5) is 33.0. The van der Waals surface area contributed by atoms with Crippen LogP contribution in [0.15, 0.2) is 73.1 Å². The van der Waals surface area contributed by atoms with Gasteiger partial charge in [-0.3, -0.25) is 9.59 Å². The Kier molecular flexibility index (Phi) is 9.83. The zero-order chi connectivity index (χ0) is 27.5. The number of ether oxygens (including phenoxy) is 3. The number of carbonyl (C=O) groups excluding carboxylic acids is 2. The standard InChI is InChI=1S/C31H33N3O5/c1-3-38-29(35)13-9-4-5-10-18-39-28-19-25-26(20-27(28)37-2)32-21-33-31(25)34-24-16-14-23(15-17-24)30(36)22-11-7-6-8-12-22/h6-8,11-12,14-17,19-21H,3-5,9-10,13,18H2,1-2H3,(H,32,33,34). The second-order valence-electron chi connectivity index (χ2n) is 8.96. The van der Waals surface area contributed by atoms with Gasteiger partial charge in [0.25, 0.3) is 0 Å². The second kappa shape index (κ2) is 13.9. The van der Waals surface area contributed by atoms with E-state index in [0.717, 1.165) is 36.8 Å². The minimum Gasteiger partial charge on any atom is -0.493 e. The first-order chi connectivity index (χ1) is 19.1. The van der Waals surface area contributed by atoms with Crippen molar-refractivity contribution in [1.29, 1.82) is 0 Å². The molecule has 0 radical (unpaired) electrons. The van der Waals surface area contributed by atoms with Crippen molar-refractivity contribution in [2.24, 2.45) is 0 Å². The maximum absolute atomic E-state index is 12.7. The molecule has 0 bridgehead atoms. The maximum Gasteiger partial charge on any atom is 0.305 e. The van der Waals surface area contributed by atoms with Crippen molar-refractivity contribution in [1.82, 2.24) is 9.97 Å². The van der Waals surface area contributed by atoms with E-state index in [2.05, 4.69) is 15.3 Å². The van der Waals surface area contributed by atoms with E-state index >= 15 is 0 Å². The van der Waals surface area contributed by atoms with E-state index in [1.54, 1.807) is 19.2 Å². The van der Waals surface area contributed by atoms with Gasteiger partial charge >= 0.3 is 5.97 Å². The van der Waals surface area contributed by atoms with E-state index in [9.17, 15) is 9.59 Å². The molecule has 0 aliphatic rings. The smallest absolute Gasteiger partial charge is 0.305 e. The Bertz CT molecular complexity index is 1390. The van der Waals surface area contributed by atoms with Gasteiger partial charge in [0.1, 0.15) is 12.1 Å². The molecule has 0 saturated carbocycles. The molecule has 4 rings (SSSR count). The summed E-state index contributed by atoms with van der Waals surface area (Å²) < 4.78 is 16.6. The fraction of sp³-hybridized carbons (Fsp3) is 0.290. The summed E-state index contributed by atoms with van der Waals surface area (Å²) in [5.41, 5.74) is 2.77. The highest BCUT2D eigenvalue weighted by Crippen LogP contribution is 2.35. The van der Waals surface area contributed by atoms with Crippen LogP contribution in [0.3, 0.4) is 0 Å². The lowest BCUT2D eigenvalue weighted by atomic mass is 10.0. The van der Waals surface area contributed by atoms with E-state index in [-0.39, 0.29) is 11.8 Å². The molecule has 39 heavy (non-hydrogen) atoms. The lowest BCUT2D eigenvalue weighted by Crippen LogP contribution is -2.04. The molecule has 4 aromatic rings. The molecular formula is C31H33N3O5. The number of ketones is 1. The average Bonchev–Trinajstić information content (AvgIpc) is 2.97. The number of esters is 1. The lowest BCUT2D eigenvalue weighted by molar-refractivity contribution is -0.143. The summed E-state index contributed by atoms with van der Waals surface area (Å²) in [5.74, 6) is 1.66. The van der Waals surface area contributed by atoms with Crippen molar-refractivity contribution in [3.05, 3.63) is 84.2 Å². The number of hydrogen-bond acceptors (Lipinski definition) is 8. The van der Waals surface area contributed by atoms with Gasteiger partial charge in [-0.2, -0.15) is 0 Å². The Balaban J connectivity index is 1.40. The van der Waals surface area contributed by atoms with Gasteiger partial charge in [0, 0.05) is 34.7 Å². The van der Waals surface area contributed by atoms with Gasteiger partial charge < -0.3 is 19.5 Å². The van der Waals surface area contributed by atoms with E-state index in [4.69, 9.17) is 14.2 Å². The molecule has 0 saturated heterocycles. The molecule has 202 valence electrons. The highest BCUT2D eigenvalue weighted by atomic mass is 16.5. The van der Waals surface area contributed by atoms with Crippen LogP contribution in [0, 0.1) is 0 Å². The normalized spacial score (nSPS) is 10.7. The third-order valence-corrected chi connectivity index (χ3v) is 6.20. The zero-order valence-corrected chi connectivity index (χ0v) is 22.3. The minimum absolute atomic E-state index is 0.0254. The van der Waals surface area contributed by atoms with Gasteiger partial charge in [0.15, 0.2) is 17.3 Å². The molecule has 1 N–H and O–H groups in total. The molecule has 0 aliphatic carbocycles. The van der Waals surface area contributed by atoms with Gasteiger partial charge in [0.05, 0.1) is 25.8 Å². The highest BCUT2D eigenvalue weighted by molar-refractivity contribution is 6.09. The molecule has 8 nitrogen and oxygen atoms in total. The average molecular weight is 528 g/mol. The summed E-state index contributed by atoms with van der Waals surface area (Å²) in [6, 6.07) is 20.2. The topological polar surface area (TPSA) is 99.6 Å². The number of fused-ring (bicyclic) bond motifs is 1. The minimum atomic E-state index is -0.141. The number of unbranched alkanes of at least 4 members (excludes halogenated alkanes) is 3. The Morgan fingerprint density at radius 2 is 1.59 bits per heavy atom. The second-order valence-corrected chi connectivity index (χ2v) is 8.96. The van der Waals surface area contributed by atoms with Crippen molar-refractivity contribution in [3.8, 4) is 11.5 Å². The number of nitrogens with one attached hydrogen (secondary N) is 1. The predicted molar refractivity (Wildman–Crippen MR) is 151 cm³/mol. The van der Waals surface area contributed by atoms with Gasteiger partial charge in [-0.1, -0.05) is 43.2 Å². The van der Waals surface area contributed by atoms with Crippen LogP contribution in [0.2, 0.25) is 0 Å². The number of methoxy groups -OCH3 is 1. The molecule has 1 heterocycles. The summed E-state index contributed by atoms with van der Waals surface area (Å²) >= 11 is 0. The molecule has 3 aromatic carbocycles. The first-order valence-electron chi connectivity index (χ1n) is 13.2. The molecule has 0 unspecified atom stereocenters. The number of nitrogens with zero attached hydrogens (tertiary/aromatic N) is 2. The summed E-state index contributed by atoms with van der Waals surface area (Å²) in [6.45, 7) is 2.76. The number of aromatic nitrogens is 2. The van der Waals surface area contributed by atoms with Crippen molar-refractivity contribution >= 4 is 34.2 Å². The van der Waals surface area contributed by atoms with E-state index in [1.807, 2.05) is 61.5 Å². The molecule has 1 aromatic heterocycles. The largest absolute Gasteiger partial charge is 0.493 e. The molecule has 0 atom stereocenters. The van der Waals surface area contributed by atoms with Crippen LogP contribution < -0.4 is 14.8 Å². The van der Waals surface area contributed by atoms with Crippen LogP contribution in [0.1, 0.15) is 54.9 Å². The molecule has 0 spiro atoms. The third-order valence-electron chi connectivity index (χ3n) is 6.20. The fourth-order valence-electron chi connectivity index (χ4n) is 4.17. The van der Waals surface area contributed by atoms with Gasteiger partial charge in [-0.25, -0.2) is 9.97 Å². The quantitative estimate of drug-likeness (QED) is 0.113. The van der Waals surface area contributed by atoms with Crippen molar-refractivity contribution in [2.45, 2.75) is 39.0 Å². The van der Waals surface area contributed by atoms with Crippen LogP contribution in [-0.4, -0.2) is 42.0 Å². The SMILES string of the molecule is CCOC(=O)CCCCCCOc1cc2c(Nc3ccc(C(=O)c4ccccc4)cc3)ncnc2cc1OC. The van der Waals surface area contributed by atoms with Crippen LogP contribution in [0.25, 0.3) is 10.9 Å². The van der Waals surface area contributed by atoms with E-state index in [1.165, 1.54) is 6.33 Å². The first kappa shape index (κ1) is 27.6. The number of benzene rings is 3. The van der Waals surface area contributed by atoms with Gasteiger partial charge in [0.2, 0.25) is 0 Å². The molecule has 8 heteroatoms. The number of anilines is 2. The van der Waals surface area contributed by atoms with Gasteiger partial charge in [-0.05, 0) is 50.1 Å². The van der Waals surface area contributed by atoms with Crippen molar-refractivity contribution < 1.29 is 23.8 Å². The van der Waals surface area contributed by atoms with Crippen LogP contribution in [0.5, 0.6) is 11.5 Å². The predicted octanol–water partition coefficient (Wildman–Crippen LogP) is 6.51. The van der Waals surface area contributed by atoms with Crippen LogP contribution >= 0.6 is 0 Å². The molecule has 0 aliphatic heterocycles. The van der Waals surface area contributed by atoms with Crippen molar-refractivity contribution in [2.75, 3.05) is 25.6 Å². The maximum atomic E-state index is 12.7. The molecular weight excluding hydrogens is 494 g/mol. The Labute approximate surface area is 228 Å². The number of carbonyl (C=O) groups is 2. The monoisotopic (exact) mass is 527 g/mol. The Morgan fingerprint density at radius 1 is 0.846 bits per heavy atom. The molecule has 0 amide bonds. The van der Waals surface area contributed by atoms with E-state index in [0.29, 0.717) is 53.6 Å². The zero-order valence-electron chi connectivity index (χ0n) is 22.3. The Hall–Kier alpha value is -4.46. The van der Waals surface area contributed by atoms with Gasteiger partial charge in [-0.15, -0.1) is 0 Å². The summed E-state index contributed by atoms with van der Waals surface area (Å²) in [6.07, 6.45) is 5.51. The molecule has 0 fully saturated rings. The number of rotatable bonds is 14. The third kappa shape index (κ3) is 7.54. The van der Waals surface area contributed by atoms with Crippen LogP contribution in [0.4, 0.5) is 11.5 Å². The lowest BCUT2D eigenvalue weighted by Gasteiger charge is -2.14. The summed E-state index contributed by atoms with van der Waals surface area (Å²) in [7, 11) is 1.60. The highest BCUT2D eigenvalue weighted by Gasteiger charge is 2.13. The number of hydrogen-bond donors (Lipinski definition) is 1. The summed E-state index contributed by atoms with van der Waals surface area (Å²) in [5, 5.41) is 4.11.